The van der Waals surface area contributed by atoms with Crippen molar-refractivity contribution in [1.29, 1.82) is 0 Å². The molecule has 0 aliphatic heterocycles. The standard InChI is InChI=1S/C20H24N4O4/c1-12-8-21-20(23-19(12)24-9-13(2)14(10-24)11-25)22-15-6-16(26-3)18(28-5)17(7-15)27-4/h6-10,25H,11H2,1-5H3,(H,21,22,23). The Hall–Kier alpha value is -3.26. The van der Waals surface area contributed by atoms with E-state index in [0.717, 1.165) is 22.5 Å². The molecule has 0 bridgehead atoms. The van der Waals surface area contributed by atoms with E-state index in [0.29, 0.717) is 28.9 Å². The Kier molecular flexibility index (Phi) is 5.70. The summed E-state index contributed by atoms with van der Waals surface area (Å²) in [5.74, 6) is 2.73. The number of aliphatic hydroxyl groups excluding tert-OH is 1. The van der Waals surface area contributed by atoms with Gasteiger partial charge in [-0.05, 0) is 25.0 Å². The molecule has 0 radical (unpaired) electrons. The quantitative estimate of drug-likeness (QED) is 0.647. The molecular formula is C20H24N4O4. The highest BCUT2D eigenvalue weighted by Gasteiger charge is 2.15. The summed E-state index contributed by atoms with van der Waals surface area (Å²) < 4.78 is 18.0. The first-order valence-corrected chi connectivity index (χ1v) is 8.70. The van der Waals surface area contributed by atoms with Gasteiger partial charge in [-0.2, -0.15) is 4.98 Å². The van der Waals surface area contributed by atoms with Crippen LogP contribution in [0, 0.1) is 13.8 Å². The number of ether oxygens (including phenoxy) is 3. The van der Waals surface area contributed by atoms with E-state index in [-0.39, 0.29) is 6.61 Å². The van der Waals surface area contributed by atoms with E-state index in [2.05, 4.69) is 15.3 Å². The normalized spacial score (nSPS) is 10.6. The van der Waals surface area contributed by atoms with Crippen LogP contribution < -0.4 is 19.5 Å². The van der Waals surface area contributed by atoms with Crippen LogP contribution in [0.25, 0.3) is 5.82 Å². The smallest absolute Gasteiger partial charge is 0.229 e. The number of benzene rings is 1. The van der Waals surface area contributed by atoms with Gasteiger partial charge in [-0.25, -0.2) is 4.98 Å². The third-order valence-electron chi connectivity index (χ3n) is 4.41. The summed E-state index contributed by atoms with van der Waals surface area (Å²) in [6.45, 7) is 3.87. The molecule has 3 aromatic rings. The molecule has 0 saturated carbocycles. The number of hydrogen-bond acceptors (Lipinski definition) is 7. The second-order valence-corrected chi connectivity index (χ2v) is 6.27. The molecule has 0 unspecified atom stereocenters. The van der Waals surface area contributed by atoms with Gasteiger partial charge in [-0.3, -0.25) is 0 Å². The SMILES string of the molecule is COc1cc(Nc2ncc(C)c(-n3cc(C)c(CO)c3)n2)cc(OC)c1OC. The lowest BCUT2D eigenvalue weighted by Crippen LogP contribution is -2.05. The van der Waals surface area contributed by atoms with Crippen LogP contribution in [-0.2, 0) is 6.61 Å². The van der Waals surface area contributed by atoms with Crippen LogP contribution in [-0.4, -0.2) is 41.0 Å². The second-order valence-electron chi connectivity index (χ2n) is 6.27. The van der Waals surface area contributed by atoms with Gasteiger partial charge in [-0.15, -0.1) is 0 Å². The average molecular weight is 384 g/mol. The molecular weight excluding hydrogens is 360 g/mol. The Morgan fingerprint density at radius 1 is 1.00 bits per heavy atom. The van der Waals surface area contributed by atoms with Crippen molar-refractivity contribution in [3.05, 3.63) is 47.4 Å². The van der Waals surface area contributed by atoms with Crippen LogP contribution in [0.15, 0.2) is 30.7 Å². The Labute approximate surface area is 163 Å². The summed E-state index contributed by atoms with van der Waals surface area (Å²) in [6.07, 6.45) is 5.55. The fourth-order valence-electron chi connectivity index (χ4n) is 2.92. The molecule has 28 heavy (non-hydrogen) atoms. The van der Waals surface area contributed by atoms with Crippen LogP contribution in [0.2, 0.25) is 0 Å². The summed E-state index contributed by atoms with van der Waals surface area (Å²) >= 11 is 0. The number of rotatable bonds is 7. The van der Waals surface area contributed by atoms with Gasteiger partial charge in [0, 0.05) is 42.0 Å². The van der Waals surface area contributed by atoms with E-state index in [1.165, 1.54) is 0 Å². The summed E-state index contributed by atoms with van der Waals surface area (Å²) in [5.41, 5.74) is 3.47. The molecule has 0 spiro atoms. The number of aryl methyl sites for hydroxylation is 2. The number of aliphatic hydroxyl groups is 1. The lowest BCUT2D eigenvalue weighted by Gasteiger charge is -2.15. The molecule has 3 rings (SSSR count). The van der Waals surface area contributed by atoms with Crippen molar-refractivity contribution in [3.8, 4) is 23.1 Å². The van der Waals surface area contributed by atoms with E-state index in [1.807, 2.05) is 30.8 Å². The number of aromatic nitrogens is 3. The van der Waals surface area contributed by atoms with Crippen molar-refractivity contribution in [2.45, 2.75) is 20.5 Å². The van der Waals surface area contributed by atoms with Crippen molar-refractivity contribution in [3.63, 3.8) is 0 Å². The van der Waals surface area contributed by atoms with Crippen molar-refractivity contribution in [2.75, 3.05) is 26.6 Å². The van der Waals surface area contributed by atoms with Crippen LogP contribution in [0.5, 0.6) is 17.2 Å². The number of anilines is 2. The third kappa shape index (κ3) is 3.72. The van der Waals surface area contributed by atoms with Gasteiger partial charge in [0.1, 0.15) is 5.82 Å². The Balaban J connectivity index is 1.97. The molecule has 2 aromatic heterocycles. The maximum absolute atomic E-state index is 9.45. The van der Waals surface area contributed by atoms with E-state index >= 15 is 0 Å². The largest absolute Gasteiger partial charge is 0.493 e. The molecule has 8 heteroatoms. The summed E-state index contributed by atoms with van der Waals surface area (Å²) in [4.78, 5) is 8.99. The molecule has 0 fully saturated rings. The first kappa shape index (κ1) is 19.5. The zero-order chi connectivity index (χ0) is 20.3. The Morgan fingerprint density at radius 3 is 2.21 bits per heavy atom. The zero-order valence-corrected chi connectivity index (χ0v) is 16.6. The van der Waals surface area contributed by atoms with Crippen LogP contribution in [0.4, 0.5) is 11.6 Å². The van der Waals surface area contributed by atoms with Gasteiger partial charge in [0.05, 0.1) is 27.9 Å². The fourth-order valence-corrected chi connectivity index (χ4v) is 2.92. The highest BCUT2D eigenvalue weighted by Crippen LogP contribution is 2.40. The summed E-state index contributed by atoms with van der Waals surface area (Å²) in [5, 5.41) is 12.6. The van der Waals surface area contributed by atoms with E-state index in [1.54, 1.807) is 39.7 Å². The minimum absolute atomic E-state index is 0.0144. The monoisotopic (exact) mass is 384 g/mol. The average Bonchev–Trinajstić information content (AvgIpc) is 3.09. The fraction of sp³-hybridized carbons (Fsp3) is 0.300. The van der Waals surface area contributed by atoms with Crippen LogP contribution in [0.1, 0.15) is 16.7 Å². The maximum Gasteiger partial charge on any atom is 0.229 e. The molecule has 0 atom stereocenters. The Bertz CT molecular complexity index is 959. The van der Waals surface area contributed by atoms with Gasteiger partial charge in [0.15, 0.2) is 11.5 Å². The molecule has 0 saturated heterocycles. The molecule has 1 aromatic carbocycles. The van der Waals surface area contributed by atoms with E-state index in [4.69, 9.17) is 14.2 Å². The van der Waals surface area contributed by atoms with Crippen LogP contribution >= 0.6 is 0 Å². The predicted molar refractivity (Wildman–Crippen MR) is 106 cm³/mol. The predicted octanol–water partition coefficient (Wildman–Crippen LogP) is 3.15. The van der Waals surface area contributed by atoms with Crippen molar-refractivity contribution in [2.24, 2.45) is 0 Å². The number of nitrogens with zero attached hydrogens (tertiary/aromatic N) is 3. The van der Waals surface area contributed by atoms with Gasteiger partial charge in [0.25, 0.3) is 0 Å². The van der Waals surface area contributed by atoms with Gasteiger partial charge in [-0.1, -0.05) is 0 Å². The highest BCUT2D eigenvalue weighted by molar-refractivity contribution is 5.66. The highest BCUT2D eigenvalue weighted by atomic mass is 16.5. The third-order valence-corrected chi connectivity index (χ3v) is 4.41. The molecule has 2 heterocycles. The van der Waals surface area contributed by atoms with Gasteiger partial charge >= 0.3 is 0 Å². The van der Waals surface area contributed by atoms with Crippen molar-refractivity contribution >= 4 is 11.6 Å². The second kappa shape index (κ2) is 8.18. The topological polar surface area (TPSA) is 90.7 Å². The molecule has 0 amide bonds. The minimum Gasteiger partial charge on any atom is -0.493 e. The first-order chi connectivity index (χ1) is 13.5. The van der Waals surface area contributed by atoms with Crippen LogP contribution in [0.3, 0.4) is 0 Å². The first-order valence-electron chi connectivity index (χ1n) is 8.70. The summed E-state index contributed by atoms with van der Waals surface area (Å²) in [6, 6.07) is 3.57. The van der Waals surface area contributed by atoms with Crippen molar-refractivity contribution < 1.29 is 19.3 Å². The number of nitrogens with one attached hydrogen (secondary N) is 1. The molecule has 148 valence electrons. The van der Waals surface area contributed by atoms with Gasteiger partial charge < -0.3 is 29.2 Å². The number of methoxy groups -OCH3 is 3. The van der Waals surface area contributed by atoms with E-state index in [9.17, 15) is 5.11 Å². The minimum atomic E-state index is -0.0144. The zero-order valence-electron chi connectivity index (χ0n) is 16.6. The van der Waals surface area contributed by atoms with E-state index < -0.39 is 0 Å². The maximum atomic E-state index is 9.45. The molecule has 0 aliphatic rings. The molecule has 8 nitrogen and oxygen atoms in total. The molecule has 2 N–H and O–H groups in total. The lowest BCUT2D eigenvalue weighted by atomic mass is 10.2. The lowest BCUT2D eigenvalue weighted by molar-refractivity contribution is 0.281. The Morgan fingerprint density at radius 2 is 1.68 bits per heavy atom. The molecule has 0 aliphatic carbocycles. The van der Waals surface area contributed by atoms with Gasteiger partial charge in [0.2, 0.25) is 11.7 Å². The summed E-state index contributed by atoms with van der Waals surface area (Å²) in [7, 11) is 4.69. The van der Waals surface area contributed by atoms with Crippen molar-refractivity contribution in [1.82, 2.24) is 14.5 Å². The number of hydrogen-bond donors (Lipinski definition) is 2.